The van der Waals surface area contributed by atoms with Gasteiger partial charge in [0.1, 0.15) is 0 Å². The standard InChI is InChI=1S/C14H18O5/c1-17-8-3-4-9-19-14(16)12-7-5-6-11(10-12)13(15)18-2/h5-7,10H,3-4,8-9H2,1-2H3. The van der Waals surface area contributed by atoms with Crippen molar-refractivity contribution in [2.24, 2.45) is 0 Å². The summed E-state index contributed by atoms with van der Waals surface area (Å²) in [6.45, 7) is 0.986. The second-order valence-corrected chi connectivity index (χ2v) is 3.91. The lowest BCUT2D eigenvalue weighted by Crippen LogP contribution is -2.09. The fourth-order valence-electron chi connectivity index (χ4n) is 1.49. The lowest BCUT2D eigenvalue weighted by molar-refractivity contribution is 0.0489. The summed E-state index contributed by atoms with van der Waals surface area (Å²) in [6.07, 6.45) is 1.59. The van der Waals surface area contributed by atoms with E-state index in [1.807, 2.05) is 0 Å². The molecule has 0 amide bonds. The molecule has 0 N–H and O–H groups in total. The Morgan fingerprint density at radius 3 is 2.26 bits per heavy atom. The van der Waals surface area contributed by atoms with Crippen molar-refractivity contribution in [3.63, 3.8) is 0 Å². The van der Waals surface area contributed by atoms with Crippen LogP contribution >= 0.6 is 0 Å². The van der Waals surface area contributed by atoms with Crippen LogP contribution in [-0.4, -0.2) is 39.4 Å². The number of rotatable bonds is 7. The predicted octanol–water partition coefficient (Wildman–Crippen LogP) is 2.06. The molecule has 1 aromatic carbocycles. The molecule has 104 valence electrons. The van der Waals surface area contributed by atoms with Crippen LogP contribution in [0.25, 0.3) is 0 Å². The maximum atomic E-state index is 11.7. The number of carbonyl (C=O) groups excluding carboxylic acids is 2. The van der Waals surface area contributed by atoms with Crippen molar-refractivity contribution >= 4 is 11.9 Å². The van der Waals surface area contributed by atoms with E-state index in [2.05, 4.69) is 4.74 Å². The zero-order valence-corrected chi connectivity index (χ0v) is 11.2. The normalized spacial score (nSPS) is 10.0. The van der Waals surface area contributed by atoms with Crippen molar-refractivity contribution in [2.75, 3.05) is 27.4 Å². The van der Waals surface area contributed by atoms with Crippen LogP contribution in [0.5, 0.6) is 0 Å². The van der Waals surface area contributed by atoms with Crippen LogP contribution in [0.4, 0.5) is 0 Å². The molecule has 0 unspecified atom stereocenters. The molecule has 0 aliphatic heterocycles. The SMILES string of the molecule is COCCCCOC(=O)c1cccc(C(=O)OC)c1. The number of hydrogen-bond acceptors (Lipinski definition) is 5. The molecule has 19 heavy (non-hydrogen) atoms. The summed E-state index contributed by atoms with van der Waals surface area (Å²) < 4.78 is 14.6. The fraction of sp³-hybridized carbons (Fsp3) is 0.429. The summed E-state index contributed by atoms with van der Waals surface area (Å²) in [5.74, 6) is -0.919. The van der Waals surface area contributed by atoms with Gasteiger partial charge >= 0.3 is 11.9 Å². The van der Waals surface area contributed by atoms with Gasteiger partial charge in [0.15, 0.2) is 0 Å². The van der Waals surface area contributed by atoms with E-state index in [9.17, 15) is 9.59 Å². The van der Waals surface area contributed by atoms with Crippen LogP contribution in [-0.2, 0) is 14.2 Å². The van der Waals surface area contributed by atoms with Crippen LogP contribution < -0.4 is 0 Å². The summed E-state index contributed by atoms with van der Waals surface area (Å²) in [7, 11) is 2.92. The van der Waals surface area contributed by atoms with Gasteiger partial charge in [-0.05, 0) is 31.0 Å². The van der Waals surface area contributed by atoms with Crippen LogP contribution in [0.15, 0.2) is 24.3 Å². The molecule has 5 heteroatoms. The number of hydrogen-bond donors (Lipinski definition) is 0. The van der Waals surface area contributed by atoms with Crippen LogP contribution in [0.3, 0.4) is 0 Å². The summed E-state index contributed by atoms with van der Waals surface area (Å²) in [6, 6.07) is 6.27. The molecule has 5 nitrogen and oxygen atoms in total. The highest BCUT2D eigenvalue weighted by atomic mass is 16.5. The molecule has 0 saturated carbocycles. The highest BCUT2D eigenvalue weighted by molar-refractivity contribution is 5.95. The Kier molecular flexibility index (Phi) is 6.60. The third-order valence-electron chi connectivity index (χ3n) is 2.50. The first-order valence-corrected chi connectivity index (χ1v) is 6.03. The highest BCUT2D eigenvalue weighted by Crippen LogP contribution is 2.08. The third-order valence-corrected chi connectivity index (χ3v) is 2.50. The zero-order chi connectivity index (χ0) is 14.1. The molecule has 0 heterocycles. The maximum absolute atomic E-state index is 11.7. The van der Waals surface area contributed by atoms with Crippen molar-refractivity contribution in [3.8, 4) is 0 Å². The average Bonchev–Trinajstić information content (AvgIpc) is 2.46. The minimum absolute atomic E-state index is 0.330. The summed E-state index contributed by atoms with van der Waals surface area (Å²) in [4.78, 5) is 23.1. The summed E-state index contributed by atoms with van der Waals surface area (Å²) in [5, 5.41) is 0. The Morgan fingerprint density at radius 2 is 1.63 bits per heavy atom. The molecule has 1 rings (SSSR count). The van der Waals surface area contributed by atoms with Gasteiger partial charge in [-0.25, -0.2) is 9.59 Å². The van der Waals surface area contributed by atoms with Crippen LogP contribution in [0.1, 0.15) is 33.6 Å². The number of ether oxygens (including phenoxy) is 3. The monoisotopic (exact) mass is 266 g/mol. The van der Waals surface area contributed by atoms with Crippen LogP contribution in [0.2, 0.25) is 0 Å². The lowest BCUT2D eigenvalue weighted by Gasteiger charge is -2.06. The van der Waals surface area contributed by atoms with Crippen molar-refractivity contribution in [3.05, 3.63) is 35.4 Å². The van der Waals surface area contributed by atoms with E-state index < -0.39 is 11.9 Å². The Hall–Kier alpha value is -1.88. The van der Waals surface area contributed by atoms with E-state index in [4.69, 9.17) is 9.47 Å². The second kappa shape index (κ2) is 8.26. The molecule has 0 radical (unpaired) electrons. The fourth-order valence-corrected chi connectivity index (χ4v) is 1.49. The van der Waals surface area contributed by atoms with Crippen molar-refractivity contribution in [1.82, 2.24) is 0 Å². The van der Waals surface area contributed by atoms with Gasteiger partial charge in [-0.3, -0.25) is 0 Å². The minimum atomic E-state index is -0.477. The molecule has 0 aliphatic rings. The van der Waals surface area contributed by atoms with Gasteiger partial charge < -0.3 is 14.2 Å². The molecule has 0 spiro atoms. The minimum Gasteiger partial charge on any atom is -0.465 e. The molecule has 0 aromatic heterocycles. The summed E-state index contributed by atoms with van der Waals surface area (Å²) >= 11 is 0. The Balaban J connectivity index is 2.50. The van der Waals surface area contributed by atoms with Gasteiger partial charge in [-0.2, -0.15) is 0 Å². The van der Waals surface area contributed by atoms with Gasteiger partial charge in [-0.1, -0.05) is 6.07 Å². The predicted molar refractivity (Wildman–Crippen MR) is 69.2 cm³/mol. The number of unbranched alkanes of at least 4 members (excludes halogenated alkanes) is 1. The third kappa shape index (κ3) is 5.09. The lowest BCUT2D eigenvalue weighted by atomic mass is 10.1. The number of benzene rings is 1. The van der Waals surface area contributed by atoms with Crippen LogP contribution in [0, 0.1) is 0 Å². The van der Waals surface area contributed by atoms with E-state index in [-0.39, 0.29) is 0 Å². The number of carbonyl (C=O) groups is 2. The Labute approximate surface area is 112 Å². The number of methoxy groups -OCH3 is 2. The van der Waals surface area contributed by atoms with E-state index in [1.54, 1.807) is 25.3 Å². The second-order valence-electron chi connectivity index (χ2n) is 3.91. The first kappa shape index (κ1) is 15.2. The van der Waals surface area contributed by atoms with E-state index in [0.29, 0.717) is 24.3 Å². The van der Waals surface area contributed by atoms with Gasteiger partial charge in [0.2, 0.25) is 0 Å². The zero-order valence-electron chi connectivity index (χ0n) is 11.2. The first-order chi connectivity index (χ1) is 9.19. The molecular formula is C14H18O5. The van der Waals surface area contributed by atoms with E-state index in [0.717, 1.165) is 12.8 Å². The molecule has 1 aromatic rings. The molecule has 0 aliphatic carbocycles. The van der Waals surface area contributed by atoms with E-state index >= 15 is 0 Å². The van der Waals surface area contributed by atoms with Gasteiger partial charge in [-0.15, -0.1) is 0 Å². The van der Waals surface area contributed by atoms with Gasteiger partial charge in [0, 0.05) is 13.7 Å². The molecule has 0 saturated heterocycles. The van der Waals surface area contributed by atoms with Gasteiger partial charge in [0.25, 0.3) is 0 Å². The van der Waals surface area contributed by atoms with Crippen molar-refractivity contribution in [2.45, 2.75) is 12.8 Å². The highest BCUT2D eigenvalue weighted by Gasteiger charge is 2.11. The van der Waals surface area contributed by atoms with E-state index in [1.165, 1.54) is 13.2 Å². The quantitative estimate of drug-likeness (QED) is 0.558. The molecule has 0 atom stereocenters. The summed E-state index contributed by atoms with van der Waals surface area (Å²) in [5.41, 5.74) is 0.672. The molecule has 0 fully saturated rings. The maximum Gasteiger partial charge on any atom is 0.338 e. The molecular weight excluding hydrogens is 248 g/mol. The smallest absolute Gasteiger partial charge is 0.338 e. The largest absolute Gasteiger partial charge is 0.465 e. The van der Waals surface area contributed by atoms with Gasteiger partial charge in [0.05, 0.1) is 24.8 Å². The molecule has 0 bridgehead atoms. The number of esters is 2. The van der Waals surface area contributed by atoms with Crippen molar-refractivity contribution in [1.29, 1.82) is 0 Å². The average molecular weight is 266 g/mol. The first-order valence-electron chi connectivity index (χ1n) is 6.03. The Morgan fingerprint density at radius 1 is 1.00 bits per heavy atom. The Bertz CT molecular complexity index is 428. The topological polar surface area (TPSA) is 61.8 Å². The van der Waals surface area contributed by atoms with Crippen molar-refractivity contribution < 1.29 is 23.8 Å².